The van der Waals surface area contributed by atoms with Crippen LogP contribution < -0.4 is 4.72 Å². The molecule has 1 heterocycles. The highest BCUT2D eigenvalue weighted by Crippen LogP contribution is 2.47. The highest BCUT2D eigenvalue weighted by Gasteiger charge is 2.57. The molecule has 1 aromatic rings. The Morgan fingerprint density at radius 3 is 2.72 bits per heavy atom. The van der Waals surface area contributed by atoms with E-state index in [1.54, 1.807) is 30.3 Å². The minimum absolute atomic E-state index is 0.0206. The lowest BCUT2D eigenvalue weighted by atomic mass is 9.89. The third-order valence-electron chi connectivity index (χ3n) is 4.81. The van der Waals surface area contributed by atoms with Crippen LogP contribution in [0.15, 0.2) is 46.9 Å². The van der Waals surface area contributed by atoms with Crippen molar-refractivity contribution in [1.82, 2.24) is 4.72 Å². The molecule has 7 heteroatoms. The predicted octanol–water partition coefficient (Wildman–Crippen LogP) is 2.32. The number of sulfonamides is 1. The molecule has 2 fully saturated rings. The van der Waals surface area contributed by atoms with Crippen molar-refractivity contribution in [3.05, 3.63) is 42.0 Å². The van der Waals surface area contributed by atoms with Gasteiger partial charge in [-0.05, 0) is 31.4 Å². The standard InChI is InChI=1S/C18H23NO5S/c1-2-3-7-12(10-16(20)21)17-14(11-15-18(17)24-15)19-25(22,23)13-8-5-4-6-9-13/h4-6,8-10,14-15,17-19H,2-3,7,11H2,1H3,(H,20,21). The first-order valence-corrected chi connectivity index (χ1v) is 10.1. The largest absolute Gasteiger partial charge is 0.478 e. The maximum atomic E-state index is 12.6. The number of rotatable bonds is 8. The minimum Gasteiger partial charge on any atom is -0.478 e. The van der Waals surface area contributed by atoms with Gasteiger partial charge in [0.05, 0.1) is 17.1 Å². The van der Waals surface area contributed by atoms with Gasteiger partial charge in [0, 0.05) is 18.0 Å². The van der Waals surface area contributed by atoms with E-state index in [9.17, 15) is 18.3 Å². The third kappa shape index (κ3) is 4.11. The van der Waals surface area contributed by atoms with E-state index in [2.05, 4.69) is 4.72 Å². The van der Waals surface area contributed by atoms with Gasteiger partial charge in [0.25, 0.3) is 0 Å². The van der Waals surface area contributed by atoms with E-state index in [1.165, 1.54) is 6.08 Å². The van der Waals surface area contributed by atoms with Gasteiger partial charge >= 0.3 is 5.97 Å². The van der Waals surface area contributed by atoms with Crippen LogP contribution in [0.1, 0.15) is 32.6 Å². The molecule has 25 heavy (non-hydrogen) atoms. The van der Waals surface area contributed by atoms with Crippen LogP contribution in [0, 0.1) is 5.92 Å². The molecule has 2 aliphatic rings. The second kappa shape index (κ2) is 7.27. The van der Waals surface area contributed by atoms with Gasteiger partial charge in [-0.3, -0.25) is 0 Å². The molecule has 3 rings (SSSR count). The summed E-state index contributed by atoms with van der Waals surface area (Å²) in [5, 5.41) is 9.18. The fourth-order valence-corrected chi connectivity index (χ4v) is 4.91. The molecule has 2 N–H and O–H groups in total. The molecular formula is C18H23NO5S. The number of epoxide rings is 1. The average molecular weight is 365 g/mol. The summed E-state index contributed by atoms with van der Waals surface area (Å²) in [6, 6.07) is 7.88. The summed E-state index contributed by atoms with van der Waals surface area (Å²) >= 11 is 0. The van der Waals surface area contributed by atoms with Crippen molar-refractivity contribution >= 4 is 16.0 Å². The summed E-state index contributed by atoms with van der Waals surface area (Å²) in [6.45, 7) is 2.04. The first kappa shape index (κ1) is 18.1. The van der Waals surface area contributed by atoms with Crippen LogP contribution >= 0.6 is 0 Å². The van der Waals surface area contributed by atoms with Crippen LogP contribution in [0.25, 0.3) is 0 Å². The summed E-state index contributed by atoms with van der Waals surface area (Å²) in [5.41, 5.74) is 0.764. The van der Waals surface area contributed by atoms with Gasteiger partial charge in [-0.25, -0.2) is 17.9 Å². The molecule has 0 amide bonds. The molecule has 136 valence electrons. The molecule has 4 unspecified atom stereocenters. The summed E-state index contributed by atoms with van der Waals surface area (Å²) in [4.78, 5) is 11.4. The Morgan fingerprint density at radius 2 is 2.08 bits per heavy atom. The number of benzene rings is 1. The molecule has 0 bridgehead atoms. The van der Waals surface area contributed by atoms with Gasteiger partial charge in [0.15, 0.2) is 0 Å². The number of nitrogens with one attached hydrogen (secondary N) is 1. The van der Waals surface area contributed by atoms with E-state index in [0.29, 0.717) is 12.8 Å². The van der Waals surface area contributed by atoms with Gasteiger partial charge < -0.3 is 9.84 Å². The lowest BCUT2D eigenvalue weighted by Gasteiger charge is -2.25. The molecule has 1 saturated heterocycles. The molecule has 1 aliphatic carbocycles. The van der Waals surface area contributed by atoms with Gasteiger partial charge in [-0.2, -0.15) is 0 Å². The molecule has 1 aromatic carbocycles. The number of hydrogen-bond acceptors (Lipinski definition) is 4. The summed E-state index contributed by atoms with van der Waals surface area (Å²) < 4.78 is 33.6. The lowest BCUT2D eigenvalue weighted by molar-refractivity contribution is -0.131. The maximum absolute atomic E-state index is 12.6. The molecule has 6 nitrogen and oxygen atoms in total. The maximum Gasteiger partial charge on any atom is 0.328 e. The van der Waals surface area contributed by atoms with Crippen molar-refractivity contribution in [2.24, 2.45) is 5.92 Å². The number of hydrogen-bond donors (Lipinski definition) is 2. The monoisotopic (exact) mass is 365 g/mol. The smallest absolute Gasteiger partial charge is 0.328 e. The van der Waals surface area contributed by atoms with E-state index < -0.39 is 16.0 Å². The van der Waals surface area contributed by atoms with Crippen molar-refractivity contribution in [2.45, 2.75) is 55.8 Å². The first-order valence-electron chi connectivity index (χ1n) is 8.58. The van der Waals surface area contributed by atoms with Crippen molar-refractivity contribution in [2.75, 3.05) is 0 Å². The number of carboxylic acids is 1. The van der Waals surface area contributed by atoms with Crippen molar-refractivity contribution in [1.29, 1.82) is 0 Å². The Kier molecular flexibility index (Phi) is 5.27. The Hall–Kier alpha value is -1.70. The van der Waals surface area contributed by atoms with Crippen molar-refractivity contribution in [3.8, 4) is 0 Å². The Bertz CT molecular complexity index is 759. The number of unbranched alkanes of at least 4 members (excludes halogenated alkanes) is 1. The highest BCUT2D eigenvalue weighted by molar-refractivity contribution is 7.89. The van der Waals surface area contributed by atoms with E-state index in [4.69, 9.17) is 4.74 Å². The SMILES string of the molecule is CCCCC(=CC(=O)O)C1C(NS(=O)(=O)c2ccccc2)CC2OC21. The van der Waals surface area contributed by atoms with Gasteiger partial charge in [0.2, 0.25) is 10.0 Å². The quantitative estimate of drug-likeness (QED) is 0.544. The normalized spacial score (nSPS) is 28.6. The number of ether oxygens (including phenoxy) is 1. The summed E-state index contributed by atoms with van der Waals surface area (Å²) in [7, 11) is -3.64. The number of carbonyl (C=O) groups is 1. The van der Waals surface area contributed by atoms with Crippen LogP contribution in [-0.4, -0.2) is 37.7 Å². The predicted molar refractivity (Wildman–Crippen MR) is 92.6 cm³/mol. The zero-order valence-corrected chi connectivity index (χ0v) is 14.9. The van der Waals surface area contributed by atoms with Crippen LogP contribution in [0.3, 0.4) is 0 Å². The second-order valence-corrected chi connectivity index (χ2v) is 8.32. The fourth-order valence-electron chi connectivity index (χ4n) is 3.62. The average Bonchev–Trinajstić information content (AvgIpc) is 3.23. The Balaban J connectivity index is 1.82. The number of fused-ring (bicyclic) bond motifs is 1. The number of aliphatic carboxylic acids is 1. The molecule has 0 spiro atoms. The molecule has 4 atom stereocenters. The Labute approximate surface area is 147 Å². The Morgan fingerprint density at radius 1 is 1.36 bits per heavy atom. The summed E-state index contributed by atoms with van der Waals surface area (Å²) in [5.74, 6) is -1.22. The van der Waals surface area contributed by atoms with E-state index in [0.717, 1.165) is 18.4 Å². The molecule has 0 aromatic heterocycles. The van der Waals surface area contributed by atoms with Crippen LogP contribution in [0.5, 0.6) is 0 Å². The van der Waals surface area contributed by atoms with Crippen molar-refractivity contribution < 1.29 is 23.1 Å². The molecule has 1 saturated carbocycles. The van der Waals surface area contributed by atoms with Gasteiger partial charge in [-0.1, -0.05) is 37.1 Å². The number of carboxylic acid groups (broad SMARTS) is 1. The zero-order valence-electron chi connectivity index (χ0n) is 14.1. The van der Waals surface area contributed by atoms with E-state index in [-0.39, 0.29) is 29.1 Å². The second-order valence-electron chi connectivity index (χ2n) is 6.60. The topological polar surface area (TPSA) is 96.0 Å². The van der Waals surface area contributed by atoms with Crippen molar-refractivity contribution in [3.63, 3.8) is 0 Å². The summed E-state index contributed by atoms with van der Waals surface area (Å²) in [6.07, 6.45) is 4.20. The first-order chi connectivity index (χ1) is 11.9. The molecule has 1 aliphatic heterocycles. The van der Waals surface area contributed by atoms with Crippen LogP contribution in [0.4, 0.5) is 0 Å². The van der Waals surface area contributed by atoms with Gasteiger partial charge in [-0.15, -0.1) is 0 Å². The van der Waals surface area contributed by atoms with Crippen LogP contribution in [0.2, 0.25) is 0 Å². The third-order valence-corrected chi connectivity index (χ3v) is 6.32. The highest BCUT2D eigenvalue weighted by atomic mass is 32.2. The molecule has 0 radical (unpaired) electrons. The molecular weight excluding hydrogens is 342 g/mol. The lowest BCUT2D eigenvalue weighted by Crippen LogP contribution is -2.40. The van der Waals surface area contributed by atoms with Gasteiger partial charge in [0.1, 0.15) is 0 Å². The fraction of sp³-hybridized carbons (Fsp3) is 0.500. The zero-order chi connectivity index (χ0) is 18.0. The minimum atomic E-state index is -3.64. The van der Waals surface area contributed by atoms with E-state index in [1.807, 2.05) is 6.92 Å². The van der Waals surface area contributed by atoms with E-state index >= 15 is 0 Å². The van der Waals surface area contributed by atoms with Crippen LogP contribution in [-0.2, 0) is 19.6 Å².